The molecule has 98 valence electrons. The molecule has 1 rings (SSSR count). The number of carbonyl (C=O) groups is 2. The van der Waals surface area contributed by atoms with E-state index < -0.39 is 11.9 Å². The lowest BCUT2D eigenvalue weighted by Crippen LogP contribution is -2.33. The summed E-state index contributed by atoms with van der Waals surface area (Å²) in [5.41, 5.74) is 0.481. The van der Waals surface area contributed by atoms with Crippen molar-refractivity contribution in [1.29, 1.82) is 0 Å². The van der Waals surface area contributed by atoms with Gasteiger partial charge in [0, 0.05) is 19.2 Å². The zero-order valence-corrected chi connectivity index (χ0v) is 10.7. The SMILES string of the molecule is COc1cccc(C(=O)N(C)CC(C)C(=O)O)c1. The van der Waals surface area contributed by atoms with Crippen LogP contribution in [-0.4, -0.2) is 42.6 Å². The lowest BCUT2D eigenvalue weighted by molar-refractivity contribution is -0.141. The summed E-state index contributed by atoms with van der Waals surface area (Å²) >= 11 is 0. The molecule has 0 aliphatic heterocycles. The van der Waals surface area contributed by atoms with E-state index in [0.717, 1.165) is 0 Å². The number of hydrogen-bond acceptors (Lipinski definition) is 3. The number of aliphatic carboxylic acids is 1. The number of ether oxygens (including phenoxy) is 1. The highest BCUT2D eigenvalue weighted by molar-refractivity contribution is 5.94. The molecule has 1 N–H and O–H groups in total. The third-order valence-corrected chi connectivity index (χ3v) is 2.63. The van der Waals surface area contributed by atoms with Crippen molar-refractivity contribution < 1.29 is 19.4 Å². The topological polar surface area (TPSA) is 66.8 Å². The lowest BCUT2D eigenvalue weighted by atomic mass is 10.1. The van der Waals surface area contributed by atoms with E-state index in [2.05, 4.69) is 0 Å². The Hall–Kier alpha value is -2.04. The van der Waals surface area contributed by atoms with Crippen molar-refractivity contribution in [2.45, 2.75) is 6.92 Å². The highest BCUT2D eigenvalue weighted by Gasteiger charge is 2.18. The number of carbonyl (C=O) groups excluding carboxylic acids is 1. The van der Waals surface area contributed by atoms with Crippen LogP contribution in [0.4, 0.5) is 0 Å². The first-order chi connectivity index (χ1) is 8.45. The summed E-state index contributed by atoms with van der Waals surface area (Å²) < 4.78 is 5.04. The molecule has 0 saturated heterocycles. The third kappa shape index (κ3) is 3.48. The highest BCUT2D eigenvalue weighted by Crippen LogP contribution is 2.14. The summed E-state index contributed by atoms with van der Waals surface area (Å²) in [6.07, 6.45) is 0. The molecule has 0 spiro atoms. The molecule has 0 saturated carbocycles. The lowest BCUT2D eigenvalue weighted by Gasteiger charge is -2.19. The predicted molar refractivity (Wildman–Crippen MR) is 66.8 cm³/mol. The number of carboxylic acids is 1. The van der Waals surface area contributed by atoms with Crippen LogP contribution < -0.4 is 4.74 Å². The Kier molecular flexibility index (Phi) is 4.71. The van der Waals surface area contributed by atoms with Gasteiger partial charge in [-0.2, -0.15) is 0 Å². The molecule has 5 nitrogen and oxygen atoms in total. The Bertz CT molecular complexity index is 444. The van der Waals surface area contributed by atoms with Crippen LogP contribution in [0.25, 0.3) is 0 Å². The van der Waals surface area contributed by atoms with E-state index in [-0.39, 0.29) is 12.5 Å². The van der Waals surface area contributed by atoms with Gasteiger partial charge in [-0.25, -0.2) is 0 Å². The van der Waals surface area contributed by atoms with Gasteiger partial charge in [0.05, 0.1) is 13.0 Å². The smallest absolute Gasteiger partial charge is 0.308 e. The van der Waals surface area contributed by atoms with Crippen molar-refractivity contribution in [1.82, 2.24) is 4.90 Å². The molecule has 0 radical (unpaired) electrons. The van der Waals surface area contributed by atoms with Gasteiger partial charge in [-0.05, 0) is 18.2 Å². The second kappa shape index (κ2) is 6.05. The molecule has 18 heavy (non-hydrogen) atoms. The van der Waals surface area contributed by atoms with Crippen LogP contribution in [0.2, 0.25) is 0 Å². The third-order valence-electron chi connectivity index (χ3n) is 2.63. The zero-order chi connectivity index (χ0) is 13.7. The fourth-order valence-corrected chi connectivity index (χ4v) is 1.55. The number of amides is 1. The van der Waals surface area contributed by atoms with Gasteiger partial charge >= 0.3 is 5.97 Å². The predicted octanol–water partition coefficient (Wildman–Crippen LogP) is 1.49. The first kappa shape index (κ1) is 14.0. The number of methoxy groups -OCH3 is 1. The zero-order valence-electron chi connectivity index (χ0n) is 10.7. The molecular weight excluding hydrogens is 234 g/mol. The van der Waals surface area contributed by atoms with Gasteiger partial charge < -0.3 is 14.7 Å². The Morgan fingerprint density at radius 2 is 2.11 bits per heavy atom. The highest BCUT2D eigenvalue weighted by atomic mass is 16.5. The normalized spacial score (nSPS) is 11.7. The van der Waals surface area contributed by atoms with E-state index >= 15 is 0 Å². The molecule has 1 unspecified atom stereocenters. The van der Waals surface area contributed by atoms with Gasteiger partial charge in [-0.1, -0.05) is 13.0 Å². The monoisotopic (exact) mass is 251 g/mol. The molecular formula is C13H17NO4. The molecule has 0 heterocycles. The molecule has 1 aromatic carbocycles. The van der Waals surface area contributed by atoms with Crippen LogP contribution in [0, 0.1) is 5.92 Å². The first-order valence-electron chi connectivity index (χ1n) is 5.58. The Labute approximate surface area is 106 Å². The second-order valence-corrected chi connectivity index (χ2v) is 4.16. The molecule has 0 aliphatic carbocycles. The summed E-state index contributed by atoms with van der Waals surface area (Å²) in [4.78, 5) is 24.2. The Morgan fingerprint density at radius 1 is 1.44 bits per heavy atom. The molecule has 1 aromatic rings. The van der Waals surface area contributed by atoms with Gasteiger partial charge in [-0.15, -0.1) is 0 Å². The molecule has 1 atom stereocenters. The second-order valence-electron chi connectivity index (χ2n) is 4.16. The summed E-state index contributed by atoms with van der Waals surface area (Å²) in [6, 6.07) is 6.77. The number of rotatable bonds is 5. The van der Waals surface area contributed by atoms with Crippen molar-refractivity contribution in [3.05, 3.63) is 29.8 Å². The van der Waals surface area contributed by atoms with Gasteiger partial charge in [0.25, 0.3) is 5.91 Å². The van der Waals surface area contributed by atoms with Crippen molar-refractivity contribution in [3.63, 3.8) is 0 Å². The maximum Gasteiger partial charge on any atom is 0.308 e. The van der Waals surface area contributed by atoms with Crippen molar-refractivity contribution in [3.8, 4) is 5.75 Å². The number of carboxylic acid groups (broad SMARTS) is 1. The molecule has 1 amide bonds. The van der Waals surface area contributed by atoms with E-state index in [1.807, 2.05) is 0 Å². The van der Waals surface area contributed by atoms with E-state index in [1.54, 1.807) is 38.2 Å². The minimum atomic E-state index is -0.916. The van der Waals surface area contributed by atoms with Gasteiger partial charge in [0.1, 0.15) is 5.75 Å². The average Bonchev–Trinajstić information content (AvgIpc) is 2.37. The number of hydrogen-bond donors (Lipinski definition) is 1. The Balaban J connectivity index is 2.76. The van der Waals surface area contributed by atoms with Crippen LogP contribution in [0.1, 0.15) is 17.3 Å². The largest absolute Gasteiger partial charge is 0.497 e. The fourth-order valence-electron chi connectivity index (χ4n) is 1.55. The molecule has 0 bridgehead atoms. The first-order valence-corrected chi connectivity index (χ1v) is 5.58. The van der Waals surface area contributed by atoms with Gasteiger partial charge in [-0.3, -0.25) is 9.59 Å². The van der Waals surface area contributed by atoms with E-state index in [4.69, 9.17) is 9.84 Å². The van der Waals surface area contributed by atoms with Crippen LogP contribution in [0.5, 0.6) is 5.75 Å². The van der Waals surface area contributed by atoms with Crippen molar-refractivity contribution in [2.24, 2.45) is 5.92 Å². The van der Waals surface area contributed by atoms with Gasteiger partial charge in [0.15, 0.2) is 0 Å². The molecule has 0 fully saturated rings. The van der Waals surface area contributed by atoms with Crippen LogP contribution in [0.15, 0.2) is 24.3 Å². The van der Waals surface area contributed by atoms with Crippen molar-refractivity contribution in [2.75, 3.05) is 20.7 Å². The summed E-state index contributed by atoms with van der Waals surface area (Å²) in [5, 5.41) is 8.81. The van der Waals surface area contributed by atoms with E-state index in [1.165, 1.54) is 12.0 Å². The molecule has 5 heteroatoms. The van der Waals surface area contributed by atoms with Gasteiger partial charge in [0.2, 0.25) is 0 Å². The molecule has 0 aliphatic rings. The summed E-state index contributed by atoms with van der Waals surface area (Å²) in [7, 11) is 3.11. The summed E-state index contributed by atoms with van der Waals surface area (Å²) in [6.45, 7) is 1.74. The van der Waals surface area contributed by atoms with Crippen LogP contribution in [0.3, 0.4) is 0 Å². The Morgan fingerprint density at radius 3 is 2.67 bits per heavy atom. The fraction of sp³-hybridized carbons (Fsp3) is 0.385. The van der Waals surface area contributed by atoms with E-state index in [9.17, 15) is 9.59 Å². The average molecular weight is 251 g/mol. The number of benzene rings is 1. The maximum absolute atomic E-state index is 12.0. The molecule has 0 aromatic heterocycles. The standard InChI is InChI=1S/C13H17NO4/c1-9(13(16)17)8-14(2)12(15)10-5-4-6-11(7-10)18-3/h4-7,9H,8H2,1-3H3,(H,16,17). The minimum Gasteiger partial charge on any atom is -0.497 e. The quantitative estimate of drug-likeness (QED) is 0.861. The van der Waals surface area contributed by atoms with E-state index in [0.29, 0.717) is 11.3 Å². The maximum atomic E-state index is 12.0. The number of nitrogens with zero attached hydrogens (tertiary/aromatic N) is 1. The summed E-state index contributed by atoms with van der Waals surface area (Å²) in [5.74, 6) is -1.13. The minimum absolute atomic E-state index is 0.172. The van der Waals surface area contributed by atoms with Crippen LogP contribution >= 0.6 is 0 Å². The van der Waals surface area contributed by atoms with Crippen LogP contribution in [-0.2, 0) is 4.79 Å². The van der Waals surface area contributed by atoms with Crippen molar-refractivity contribution >= 4 is 11.9 Å².